The Labute approximate surface area is 123 Å². The molecule has 0 saturated carbocycles. The van der Waals surface area contributed by atoms with Crippen LogP contribution in [0.25, 0.3) is 0 Å². The molecule has 0 aliphatic rings. The summed E-state index contributed by atoms with van der Waals surface area (Å²) >= 11 is 0. The van der Waals surface area contributed by atoms with E-state index in [1.54, 1.807) is 12.1 Å². The van der Waals surface area contributed by atoms with Gasteiger partial charge in [-0.25, -0.2) is 9.97 Å². The van der Waals surface area contributed by atoms with Crippen LogP contribution >= 0.6 is 0 Å². The first kappa shape index (κ1) is 14.6. The van der Waals surface area contributed by atoms with Gasteiger partial charge >= 0.3 is 0 Å². The van der Waals surface area contributed by atoms with Gasteiger partial charge in [0.05, 0.1) is 0 Å². The quantitative estimate of drug-likeness (QED) is 0.622. The third-order valence-corrected chi connectivity index (χ3v) is 2.84. The largest absolute Gasteiger partial charge is 0.393 e. The Morgan fingerprint density at radius 1 is 1.19 bits per heavy atom. The third kappa shape index (κ3) is 3.59. The average Bonchev–Trinajstić information content (AvgIpc) is 2.49. The van der Waals surface area contributed by atoms with Gasteiger partial charge in [-0.2, -0.15) is 0 Å². The molecule has 0 bridgehead atoms. The van der Waals surface area contributed by atoms with Crippen LogP contribution in [0, 0.1) is 6.92 Å². The van der Waals surface area contributed by atoms with Crippen LogP contribution < -0.4 is 21.9 Å². The summed E-state index contributed by atoms with van der Waals surface area (Å²) < 4.78 is 0. The second kappa shape index (κ2) is 6.56. The average molecular weight is 286 g/mol. The Balaban J connectivity index is 2.04. The van der Waals surface area contributed by atoms with Crippen LogP contribution in [-0.2, 0) is 0 Å². The van der Waals surface area contributed by atoms with Gasteiger partial charge in [-0.05, 0) is 26.0 Å². The van der Waals surface area contributed by atoms with E-state index in [-0.39, 0.29) is 5.91 Å². The monoisotopic (exact) mass is 286 g/mol. The fourth-order valence-electron chi connectivity index (χ4n) is 1.70. The molecule has 2 aromatic rings. The topological polar surface area (TPSA) is 105 Å². The zero-order valence-corrected chi connectivity index (χ0v) is 12.0. The molecule has 21 heavy (non-hydrogen) atoms. The number of nitrogens with two attached hydrogens (primary N) is 1. The molecular weight excluding hydrogens is 268 g/mol. The highest BCUT2D eigenvalue weighted by Gasteiger charge is 2.09. The van der Waals surface area contributed by atoms with Gasteiger partial charge in [0.25, 0.3) is 5.91 Å². The fourth-order valence-corrected chi connectivity index (χ4v) is 1.70. The van der Waals surface area contributed by atoms with Crippen molar-refractivity contribution < 1.29 is 4.79 Å². The molecule has 7 nitrogen and oxygen atoms in total. The second-order valence-corrected chi connectivity index (χ2v) is 4.46. The number of nitrogens with one attached hydrogen (secondary N) is 3. The number of rotatable bonds is 5. The number of aromatic nitrogens is 2. The molecule has 1 aromatic carbocycles. The van der Waals surface area contributed by atoms with Gasteiger partial charge in [-0.3, -0.25) is 15.6 Å². The summed E-state index contributed by atoms with van der Waals surface area (Å²) in [5.74, 6) is 0.610. The number of hydrazine groups is 1. The van der Waals surface area contributed by atoms with E-state index in [1.807, 2.05) is 26.0 Å². The Morgan fingerprint density at radius 2 is 1.86 bits per heavy atom. The van der Waals surface area contributed by atoms with Crippen molar-refractivity contribution in [1.82, 2.24) is 15.4 Å². The van der Waals surface area contributed by atoms with Crippen molar-refractivity contribution in [2.24, 2.45) is 0 Å². The van der Waals surface area contributed by atoms with Gasteiger partial charge in [0, 0.05) is 12.1 Å². The molecule has 0 aliphatic carbocycles. The molecule has 0 atom stereocenters. The number of hydrogen-bond acceptors (Lipinski definition) is 6. The molecule has 0 spiro atoms. The van der Waals surface area contributed by atoms with Crippen molar-refractivity contribution in [2.45, 2.75) is 13.8 Å². The van der Waals surface area contributed by atoms with Crippen molar-refractivity contribution in [3.8, 4) is 0 Å². The van der Waals surface area contributed by atoms with E-state index < -0.39 is 0 Å². The number of anilines is 3. The third-order valence-electron chi connectivity index (χ3n) is 2.84. The SMILES string of the molecule is CCNc1ncnc(NNC(=O)c2ccc(C)cc2)c1N. The number of nitrogens with zero attached hydrogens (tertiary/aromatic N) is 2. The lowest BCUT2D eigenvalue weighted by Crippen LogP contribution is -2.30. The van der Waals surface area contributed by atoms with Gasteiger partial charge in [-0.1, -0.05) is 17.7 Å². The molecule has 1 amide bonds. The van der Waals surface area contributed by atoms with Crippen LogP contribution in [0.5, 0.6) is 0 Å². The van der Waals surface area contributed by atoms with Crippen LogP contribution in [0.3, 0.4) is 0 Å². The Hall–Kier alpha value is -2.83. The molecule has 7 heteroatoms. The lowest BCUT2D eigenvalue weighted by atomic mass is 10.1. The minimum Gasteiger partial charge on any atom is -0.393 e. The molecule has 5 N–H and O–H groups in total. The van der Waals surface area contributed by atoms with Crippen LogP contribution in [0.4, 0.5) is 17.3 Å². The van der Waals surface area contributed by atoms with E-state index >= 15 is 0 Å². The smallest absolute Gasteiger partial charge is 0.269 e. The molecule has 0 unspecified atom stereocenters. The molecule has 0 fully saturated rings. The van der Waals surface area contributed by atoms with Crippen molar-refractivity contribution >= 4 is 23.2 Å². The maximum absolute atomic E-state index is 12.0. The van der Waals surface area contributed by atoms with Gasteiger partial charge < -0.3 is 11.1 Å². The lowest BCUT2D eigenvalue weighted by molar-refractivity contribution is 0.0962. The summed E-state index contributed by atoms with van der Waals surface area (Å²) in [7, 11) is 0. The Kier molecular flexibility index (Phi) is 4.55. The first-order valence-corrected chi connectivity index (χ1v) is 6.59. The van der Waals surface area contributed by atoms with Crippen LogP contribution in [0.1, 0.15) is 22.8 Å². The number of nitrogen functional groups attached to an aromatic ring is 1. The number of benzene rings is 1. The zero-order valence-electron chi connectivity index (χ0n) is 12.0. The highest BCUT2D eigenvalue weighted by Crippen LogP contribution is 2.21. The van der Waals surface area contributed by atoms with Gasteiger partial charge in [0.1, 0.15) is 12.0 Å². The molecule has 0 saturated heterocycles. The minimum atomic E-state index is -0.266. The molecule has 0 radical (unpaired) electrons. The van der Waals surface area contributed by atoms with Gasteiger partial charge in [0.15, 0.2) is 11.6 Å². The summed E-state index contributed by atoms with van der Waals surface area (Å²) in [6, 6.07) is 7.24. The van der Waals surface area contributed by atoms with Crippen molar-refractivity contribution in [3.05, 3.63) is 41.7 Å². The Bertz CT molecular complexity index is 626. The van der Waals surface area contributed by atoms with Crippen LogP contribution in [0.2, 0.25) is 0 Å². The number of aryl methyl sites for hydroxylation is 1. The second-order valence-electron chi connectivity index (χ2n) is 4.46. The molecular formula is C14H18N6O. The Morgan fingerprint density at radius 3 is 2.52 bits per heavy atom. The summed E-state index contributed by atoms with van der Waals surface area (Å²) in [5, 5.41) is 3.01. The van der Waals surface area contributed by atoms with Gasteiger partial charge in [0.2, 0.25) is 0 Å². The molecule has 0 aliphatic heterocycles. The first-order chi connectivity index (χ1) is 10.1. The van der Waals surface area contributed by atoms with E-state index in [4.69, 9.17) is 5.73 Å². The predicted molar refractivity (Wildman–Crippen MR) is 82.9 cm³/mol. The molecule has 1 heterocycles. The van der Waals surface area contributed by atoms with E-state index in [0.29, 0.717) is 29.4 Å². The lowest BCUT2D eigenvalue weighted by Gasteiger charge is -2.12. The van der Waals surface area contributed by atoms with Crippen molar-refractivity contribution in [2.75, 3.05) is 23.0 Å². The number of carbonyl (C=O) groups excluding carboxylic acids is 1. The van der Waals surface area contributed by atoms with Crippen molar-refractivity contribution in [1.29, 1.82) is 0 Å². The highest BCUT2D eigenvalue weighted by atomic mass is 16.2. The maximum Gasteiger partial charge on any atom is 0.269 e. The molecule has 110 valence electrons. The summed E-state index contributed by atoms with van der Waals surface area (Å²) in [4.78, 5) is 20.0. The van der Waals surface area contributed by atoms with Gasteiger partial charge in [-0.15, -0.1) is 0 Å². The first-order valence-electron chi connectivity index (χ1n) is 6.59. The maximum atomic E-state index is 12.0. The number of hydrogen-bond donors (Lipinski definition) is 4. The van der Waals surface area contributed by atoms with E-state index in [0.717, 1.165) is 5.56 Å². The molecule has 2 rings (SSSR count). The summed E-state index contributed by atoms with van der Waals surface area (Å²) in [5.41, 5.74) is 13.2. The van der Waals surface area contributed by atoms with E-state index in [2.05, 4.69) is 26.1 Å². The summed E-state index contributed by atoms with van der Waals surface area (Å²) in [6.45, 7) is 4.59. The van der Waals surface area contributed by atoms with Crippen molar-refractivity contribution in [3.63, 3.8) is 0 Å². The van der Waals surface area contributed by atoms with E-state index in [1.165, 1.54) is 6.33 Å². The van der Waals surface area contributed by atoms with Crippen LogP contribution in [0.15, 0.2) is 30.6 Å². The molecule has 1 aromatic heterocycles. The summed E-state index contributed by atoms with van der Waals surface area (Å²) in [6.07, 6.45) is 1.37. The minimum absolute atomic E-state index is 0.266. The number of carbonyl (C=O) groups is 1. The van der Waals surface area contributed by atoms with Crippen LogP contribution in [-0.4, -0.2) is 22.4 Å². The normalized spacial score (nSPS) is 10.0. The zero-order chi connectivity index (χ0) is 15.2. The fraction of sp³-hybridized carbons (Fsp3) is 0.214. The standard InChI is InChI=1S/C14H18N6O/c1-3-16-12-11(15)13(18-8-17-12)19-20-14(21)10-6-4-9(2)5-7-10/h4-8H,3,15H2,1-2H3,(H,20,21)(H2,16,17,18,19). The van der Waals surface area contributed by atoms with E-state index in [9.17, 15) is 4.79 Å². The highest BCUT2D eigenvalue weighted by molar-refractivity contribution is 5.95. The predicted octanol–water partition coefficient (Wildman–Crippen LogP) is 1.56. The number of amides is 1.